The second kappa shape index (κ2) is 8.15. The molecule has 0 aromatic heterocycles. The molecule has 148 valence electrons. The Morgan fingerprint density at radius 3 is 2.14 bits per heavy atom. The van der Waals surface area contributed by atoms with E-state index in [-0.39, 0.29) is 32.1 Å². The maximum atomic E-state index is 13.8. The first kappa shape index (κ1) is 20.1. The molecule has 1 aliphatic rings. The Morgan fingerprint density at radius 1 is 0.929 bits per heavy atom. The second-order valence-electron chi connectivity index (χ2n) is 6.17. The first-order chi connectivity index (χ1) is 13.3. The van der Waals surface area contributed by atoms with Gasteiger partial charge in [0.15, 0.2) is 4.90 Å². The lowest BCUT2D eigenvalue weighted by Gasteiger charge is -2.33. The van der Waals surface area contributed by atoms with Crippen LogP contribution in [0.5, 0.6) is 0 Å². The van der Waals surface area contributed by atoms with Gasteiger partial charge in [-0.2, -0.15) is 4.31 Å². The smallest absolute Gasteiger partial charge is 0.249 e. The van der Waals surface area contributed by atoms with Crippen molar-refractivity contribution in [2.75, 3.05) is 26.2 Å². The molecule has 2 aromatic carbocycles. The summed E-state index contributed by atoms with van der Waals surface area (Å²) in [6, 6.07) is 8.57. The molecule has 3 rings (SSSR count). The largest absolute Gasteiger partial charge is 0.337 e. The van der Waals surface area contributed by atoms with Gasteiger partial charge in [0.05, 0.1) is 0 Å². The highest BCUT2D eigenvalue weighted by Gasteiger charge is 2.33. The topological polar surface area (TPSA) is 57.7 Å². The van der Waals surface area contributed by atoms with Crippen molar-refractivity contribution in [2.24, 2.45) is 0 Å². The van der Waals surface area contributed by atoms with Crippen LogP contribution in [0.4, 0.5) is 13.2 Å². The molecule has 9 heteroatoms. The molecule has 0 aliphatic carbocycles. The molecule has 1 heterocycles. The number of amides is 1. The first-order valence-electron chi connectivity index (χ1n) is 8.46. The van der Waals surface area contributed by atoms with Crippen molar-refractivity contribution < 1.29 is 26.4 Å². The van der Waals surface area contributed by atoms with Crippen LogP contribution >= 0.6 is 0 Å². The molecule has 0 bridgehead atoms. The molecule has 1 fully saturated rings. The number of carbonyl (C=O) groups is 1. The molecule has 0 saturated carbocycles. The van der Waals surface area contributed by atoms with E-state index in [2.05, 4.69) is 0 Å². The SMILES string of the molecule is O=C(/C=C/c1cccc(F)c1)N1CCN(S(=O)(=O)c2c(F)cccc2F)CC1. The molecule has 0 radical (unpaired) electrons. The summed E-state index contributed by atoms with van der Waals surface area (Å²) in [5.74, 6) is -3.10. The van der Waals surface area contributed by atoms with Gasteiger partial charge in [-0.25, -0.2) is 21.6 Å². The number of sulfonamides is 1. The molecular formula is C19H17F3N2O3S. The second-order valence-corrected chi connectivity index (χ2v) is 8.04. The molecule has 5 nitrogen and oxygen atoms in total. The summed E-state index contributed by atoms with van der Waals surface area (Å²) in [5.41, 5.74) is 0.518. The Labute approximate surface area is 160 Å². The van der Waals surface area contributed by atoms with Gasteiger partial charge in [-0.05, 0) is 35.9 Å². The summed E-state index contributed by atoms with van der Waals surface area (Å²) >= 11 is 0. The Balaban J connectivity index is 1.66. The van der Waals surface area contributed by atoms with Gasteiger partial charge in [0, 0.05) is 32.3 Å². The van der Waals surface area contributed by atoms with Crippen molar-refractivity contribution in [1.29, 1.82) is 0 Å². The zero-order valence-electron chi connectivity index (χ0n) is 14.7. The number of hydrogen-bond donors (Lipinski definition) is 0. The minimum atomic E-state index is -4.35. The lowest BCUT2D eigenvalue weighted by atomic mass is 10.2. The van der Waals surface area contributed by atoms with E-state index >= 15 is 0 Å². The Hall–Kier alpha value is -2.65. The number of halogens is 3. The van der Waals surface area contributed by atoms with Gasteiger partial charge < -0.3 is 4.90 Å². The van der Waals surface area contributed by atoms with Crippen molar-refractivity contribution in [1.82, 2.24) is 9.21 Å². The third-order valence-corrected chi connectivity index (χ3v) is 6.29. The Kier molecular flexibility index (Phi) is 5.85. The van der Waals surface area contributed by atoms with E-state index in [9.17, 15) is 26.4 Å². The standard InChI is InChI=1S/C19H17F3N2O3S/c20-15-4-1-3-14(13-15)7-8-18(25)23-9-11-24(12-10-23)28(26,27)19-16(21)5-2-6-17(19)22/h1-8,13H,9-12H2/b8-7+. The van der Waals surface area contributed by atoms with Crippen LogP contribution in [0.15, 0.2) is 53.4 Å². The monoisotopic (exact) mass is 410 g/mol. The van der Waals surface area contributed by atoms with Crippen molar-refractivity contribution in [2.45, 2.75) is 4.90 Å². The molecule has 0 unspecified atom stereocenters. The van der Waals surface area contributed by atoms with E-state index in [1.165, 1.54) is 35.3 Å². The van der Waals surface area contributed by atoms with Gasteiger partial charge >= 0.3 is 0 Å². The third kappa shape index (κ3) is 4.26. The summed E-state index contributed by atoms with van der Waals surface area (Å²) < 4.78 is 66.9. The van der Waals surface area contributed by atoms with E-state index < -0.39 is 32.4 Å². The average molecular weight is 410 g/mol. The van der Waals surface area contributed by atoms with Crippen LogP contribution in [0.1, 0.15) is 5.56 Å². The fourth-order valence-corrected chi connectivity index (χ4v) is 4.42. The average Bonchev–Trinajstić information content (AvgIpc) is 2.66. The highest BCUT2D eigenvalue weighted by Crippen LogP contribution is 2.23. The zero-order valence-corrected chi connectivity index (χ0v) is 15.5. The highest BCUT2D eigenvalue weighted by molar-refractivity contribution is 7.89. The van der Waals surface area contributed by atoms with Crippen LogP contribution in [0.2, 0.25) is 0 Å². The molecule has 0 atom stereocenters. The molecule has 1 aliphatic heterocycles. The normalized spacial score (nSPS) is 15.9. The zero-order chi connectivity index (χ0) is 20.3. The number of benzene rings is 2. The van der Waals surface area contributed by atoms with Crippen LogP contribution < -0.4 is 0 Å². The van der Waals surface area contributed by atoms with Crippen LogP contribution in [0.25, 0.3) is 6.08 Å². The van der Waals surface area contributed by atoms with Gasteiger partial charge in [0.25, 0.3) is 0 Å². The maximum Gasteiger partial charge on any atom is 0.249 e. The van der Waals surface area contributed by atoms with Crippen molar-refractivity contribution in [3.8, 4) is 0 Å². The minimum Gasteiger partial charge on any atom is -0.337 e. The fraction of sp³-hybridized carbons (Fsp3) is 0.211. The molecule has 0 spiro atoms. The number of rotatable bonds is 4. The molecular weight excluding hydrogens is 393 g/mol. The fourth-order valence-electron chi connectivity index (χ4n) is 2.89. The van der Waals surface area contributed by atoms with E-state index in [0.717, 1.165) is 22.5 Å². The molecule has 28 heavy (non-hydrogen) atoms. The van der Waals surface area contributed by atoms with Gasteiger partial charge in [0.2, 0.25) is 15.9 Å². The van der Waals surface area contributed by atoms with Crippen LogP contribution in [-0.2, 0) is 14.8 Å². The van der Waals surface area contributed by atoms with E-state index in [1.54, 1.807) is 6.07 Å². The first-order valence-corrected chi connectivity index (χ1v) is 9.90. The molecule has 0 N–H and O–H groups in total. The summed E-state index contributed by atoms with van der Waals surface area (Å²) in [5, 5.41) is 0. The van der Waals surface area contributed by atoms with Crippen LogP contribution in [0.3, 0.4) is 0 Å². The van der Waals surface area contributed by atoms with Gasteiger partial charge in [0.1, 0.15) is 17.5 Å². The summed E-state index contributed by atoms with van der Waals surface area (Å²) in [6.07, 6.45) is 2.73. The predicted octanol–water partition coefficient (Wildman–Crippen LogP) is 2.65. The van der Waals surface area contributed by atoms with E-state index in [0.29, 0.717) is 5.56 Å². The Morgan fingerprint density at radius 2 is 1.54 bits per heavy atom. The third-order valence-electron chi connectivity index (χ3n) is 4.33. The quantitative estimate of drug-likeness (QED) is 0.729. The molecule has 1 amide bonds. The number of hydrogen-bond acceptors (Lipinski definition) is 3. The van der Waals surface area contributed by atoms with Gasteiger partial charge in [-0.3, -0.25) is 4.79 Å². The summed E-state index contributed by atoms with van der Waals surface area (Å²) in [6.45, 7) is -0.0332. The molecule has 2 aromatic rings. The number of piperazine rings is 1. The minimum absolute atomic E-state index is 0.0711. The number of nitrogens with zero attached hydrogens (tertiary/aromatic N) is 2. The lowest BCUT2D eigenvalue weighted by molar-refractivity contribution is -0.127. The summed E-state index contributed by atoms with van der Waals surface area (Å²) in [7, 11) is -4.35. The van der Waals surface area contributed by atoms with Crippen LogP contribution in [0, 0.1) is 17.5 Å². The van der Waals surface area contributed by atoms with E-state index in [1.807, 2.05) is 0 Å². The molecule has 1 saturated heterocycles. The lowest BCUT2D eigenvalue weighted by Crippen LogP contribution is -2.50. The Bertz CT molecular complexity index is 997. The predicted molar refractivity (Wildman–Crippen MR) is 97.1 cm³/mol. The van der Waals surface area contributed by atoms with Crippen LogP contribution in [-0.4, -0.2) is 49.7 Å². The summed E-state index contributed by atoms with van der Waals surface area (Å²) in [4.78, 5) is 12.7. The maximum absolute atomic E-state index is 13.8. The van der Waals surface area contributed by atoms with Crippen molar-refractivity contribution >= 4 is 22.0 Å². The van der Waals surface area contributed by atoms with Gasteiger partial charge in [-0.15, -0.1) is 0 Å². The van der Waals surface area contributed by atoms with Crippen molar-refractivity contribution in [3.63, 3.8) is 0 Å². The van der Waals surface area contributed by atoms with Crippen molar-refractivity contribution in [3.05, 3.63) is 71.6 Å². The van der Waals surface area contributed by atoms with Gasteiger partial charge in [-0.1, -0.05) is 18.2 Å². The number of carbonyl (C=O) groups excluding carboxylic acids is 1. The van der Waals surface area contributed by atoms with E-state index in [4.69, 9.17) is 0 Å². The highest BCUT2D eigenvalue weighted by atomic mass is 32.2.